The molecule has 28 heavy (non-hydrogen) atoms. The van der Waals surface area contributed by atoms with E-state index in [1.807, 2.05) is 31.2 Å². The van der Waals surface area contributed by atoms with Gasteiger partial charge in [-0.1, -0.05) is 5.16 Å². The number of nitrogens with zero attached hydrogens (tertiary/aromatic N) is 3. The molecule has 0 bridgehead atoms. The van der Waals surface area contributed by atoms with Gasteiger partial charge in [0.05, 0.1) is 6.26 Å². The van der Waals surface area contributed by atoms with E-state index in [-0.39, 0.29) is 17.8 Å². The Morgan fingerprint density at radius 3 is 2.68 bits per heavy atom. The summed E-state index contributed by atoms with van der Waals surface area (Å²) >= 11 is 0. The van der Waals surface area contributed by atoms with Crippen molar-refractivity contribution < 1.29 is 13.7 Å². The second-order valence-corrected chi connectivity index (χ2v) is 7.18. The quantitative estimate of drug-likeness (QED) is 0.702. The van der Waals surface area contributed by atoms with E-state index in [1.54, 1.807) is 6.26 Å². The molecule has 146 valence electrons. The first-order valence-corrected chi connectivity index (χ1v) is 9.71. The van der Waals surface area contributed by atoms with Crippen molar-refractivity contribution in [2.45, 2.75) is 38.6 Å². The van der Waals surface area contributed by atoms with Gasteiger partial charge < -0.3 is 19.2 Å². The molecule has 1 atom stereocenters. The maximum atomic E-state index is 12.3. The lowest BCUT2D eigenvalue weighted by molar-refractivity contribution is 0.0895. The van der Waals surface area contributed by atoms with Crippen LogP contribution in [0.25, 0.3) is 11.4 Å². The monoisotopic (exact) mass is 380 g/mol. The van der Waals surface area contributed by atoms with Crippen molar-refractivity contribution in [3.05, 3.63) is 54.3 Å². The summed E-state index contributed by atoms with van der Waals surface area (Å²) in [4.78, 5) is 19.0. The molecule has 0 saturated carbocycles. The summed E-state index contributed by atoms with van der Waals surface area (Å²) in [6.45, 7) is 4.10. The van der Waals surface area contributed by atoms with Crippen LogP contribution in [0.5, 0.6) is 0 Å². The number of nitrogens with one attached hydrogen (secondary N) is 1. The number of piperidine rings is 1. The Kier molecular flexibility index (Phi) is 5.41. The molecule has 7 heteroatoms. The van der Waals surface area contributed by atoms with Crippen molar-refractivity contribution in [3.63, 3.8) is 0 Å². The third-order valence-electron chi connectivity index (χ3n) is 4.93. The second kappa shape index (κ2) is 8.29. The molecule has 1 amide bonds. The van der Waals surface area contributed by atoms with Crippen LogP contribution in [0.1, 0.15) is 42.6 Å². The number of hydrogen-bond acceptors (Lipinski definition) is 6. The Hall–Kier alpha value is -3.09. The minimum Gasteiger partial charge on any atom is -0.469 e. The van der Waals surface area contributed by atoms with Gasteiger partial charge in [0.1, 0.15) is 5.76 Å². The maximum absolute atomic E-state index is 12.3. The van der Waals surface area contributed by atoms with Gasteiger partial charge in [0.2, 0.25) is 5.82 Å². The Labute approximate surface area is 163 Å². The highest BCUT2D eigenvalue weighted by Crippen LogP contribution is 2.23. The highest BCUT2D eigenvalue weighted by molar-refractivity contribution is 5.90. The SMILES string of the molecule is C[C@H](Cc1ccco1)NC(=O)c1nc(-c2ccc(N3CCCCC3)cc2)no1. The van der Waals surface area contributed by atoms with Crippen LogP contribution in [-0.4, -0.2) is 35.2 Å². The fourth-order valence-electron chi connectivity index (χ4n) is 3.47. The summed E-state index contributed by atoms with van der Waals surface area (Å²) in [6, 6.07) is 11.7. The molecule has 1 aromatic carbocycles. The van der Waals surface area contributed by atoms with Crippen LogP contribution >= 0.6 is 0 Å². The van der Waals surface area contributed by atoms with E-state index < -0.39 is 0 Å². The normalized spacial score (nSPS) is 15.4. The Morgan fingerprint density at radius 1 is 1.18 bits per heavy atom. The van der Waals surface area contributed by atoms with E-state index in [0.717, 1.165) is 24.4 Å². The topological polar surface area (TPSA) is 84.4 Å². The van der Waals surface area contributed by atoms with Gasteiger partial charge in [-0.3, -0.25) is 4.79 Å². The summed E-state index contributed by atoms with van der Waals surface area (Å²) < 4.78 is 10.5. The molecule has 4 rings (SSSR count). The summed E-state index contributed by atoms with van der Waals surface area (Å²) in [5.74, 6) is 0.797. The third kappa shape index (κ3) is 4.24. The van der Waals surface area contributed by atoms with Crippen molar-refractivity contribution in [2.75, 3.05) is 18.0 Å². The number of aromatic nitrogens is 2. The van der Waals surface area contributed by atoms with E-state index >= 15 is 0 Å². The number of amides is 1. The fourth-order valence-corrected chi connectivity index (χ4v) is 3.47. The van der Waals surface area contributed by atoms with Crippen molar-refractivity contribution in [3.8, 4) is 11.4 Å². The highest BCUT2D eigenvalue weighted by atomic mass is 16.5. The number of anilines is 1. The Balaban J connectivity index is 1.38. The van der Waals surface area contributed by atoms with Crippen molar-refractivity contribution in [2.24, 2.45) is 0 Å². The lowest BCUT2D eigenvalue weighted by Crippen LogP contribution is -2.34. The first kappa shape index (κ1) is 18.3. The predicted molar refractivity (Wildman–Crippen MR) is 105 cm³/mol. The number of carbonyl (C=O) groups excluding carboxylic acids is 1. The molecule has 0 spiro atoms. The Morgan fingerprint density at radius 2 is 1.96 bits per heavy atom. The molecule has 0 aliphatic carbocycles. The lowest BCUT2D eigenvalue weighted by atomic mass is 10.1. The van der Waals surface area contributed by atoms with Gasteiger partial charge in [0.25, 0.3) is 0 Å². The largest absolute Gasteiger partial charge is 0.469 e. The zero-order valence-electron chi connectivity index (χ0n) is 15.9. The predicted octanol–water partition coefficient (Wildman–Crippen LogP) is 3.68. The Bertz CT molecular complexity index is 896. The van der Waals surface area contributed by atoms with Crippen LogP contribution in [-0.2, 0) is 6.42 Å². The fraction of sp³-hybridized carbons (Fsp3) is 0.381. The summed E-state index contributed by atoms with van der Waals surface area (Å²) in [5.41, 5.74) is 2.03. The number of carbonyl (C=O) groups is 1. The van der Waals surface area contributed by atoms with Crippen LogP contribution in [0.3, 0.4) is 0 Å². The number of hydrogen-bond donors (Lipinski definition) is 1. The first-order valence-electron chi connectivity index (χ1n) is 9.71. The average molecular weight is 380 g/mol. The van der Waals surface area contributed by atoms with Crippen molar-refractivity contribution in [1.29, 1.82) is 0 Å². The molecule has 1 saturated heterocycles. The zero-order chi connectivity index (χ0) is 19.3. The van der Waals surface area contributed by atoms with Crippen LogP contribution in [0.4, 0.5) is 5.69 Å². The molecule has 0 radical (unpaired) electrons. The van der Waals surface area contributed by atoms with Gasteiger partial charge in [-0.05, 0) is 62.6 Å². The number of rotatable bonds is 6. The van der Waals surface area contributed by atoms with Gasteiger partial charge in [-0.25, -0.2) is 0 Å². The summed E-state index contributed by atoms with van der Waals surface area (Å²) in [5, 5.41) is 6.80. The van der Waals surface area contributed by atoms with Crippen LogP contribution in [0.2, 0.25) is 0 Å². The van der Waals surface area contributed by atoms with Crippen LogP contribution in [0.15, 0.2) is 51.6 Å². The molecular formula is C21H24N4O3. The molecule has 0 unspecified atom stereocenters. The number of benzene rings is 1. The van der Waals surface area contributed by atoms with Gasteiger partial charge in [0, 0.05) is 36.8 Å². The second-order valence-electron chi connectivity index (χ2n) is 7.18. The first-order chi connectivity index (χ1) is 13.7. The van der Waals surface area contributed by atoms with E-state index in [0.29, 0.717) is 12.2 Å². The van der Waals surface area contributed by atoms with E-state index in [4.69, 9.17) is 8.94 Å². The van der Waals surface area contributed by atoms with Crippen molar-refractivity contribution >= 4 is 11.6 Å². The van der Waals surface area contributed by atoms with Crippen molar-refractivity contribution in [1.82, 2.24) is 15.5 Å². The molecule has 3 aromatic rings. The van der Waals surface area contributed by atoms with Crippen LogP contribution < -0.4 is 10.2 Å². The zero-order valence-corrected chi connectivity index (χ0v) is 15.9. The maximum Gasteiger partial charge on any atom is 0.316 e. The molecule has 1 aliphatic heterocycles. The molecular weight excluding hydrogens is 356 g/mol. The van der Waals surface area contributed by atoms with E-state index in [9.17, 15) is 4.79 Å². The van der Waals surface area contributed by atoms with Gasteiger partial charge in [-0.2, -0.15) is 4.98 Å². The minimum absolute atomic E-state index is 0.0404. The molecule has 3 heterocycles. The lowest BCUT2D eigenvalue weighted by Gasteiger charge is -2.28. The van der Waals surface area contributed by atoms with E-state index in [1.165, 1.54) is 24.9 Å². The standard InChI is InChI=1S/C21H24N4O3/c1-15(14-18-6-5-13-27-18)22-20(26)21-23-19(24-28-21)16-7-9-17(10-8-16)25-11-3-2-4-12-25/h5-10,13,15H,2-4,11-12,14H2,1H3,(H,22,26)/t15-/m1/s1. The molecule has 2 aromatic heterocycles. The highest BCUT2D eigenvalue weighted by Gasteiger charge is 2.19. The smallest absolute Gasteiger partial charge is 0.316 e. The third-order valence-corrected chi connectivity index (χ3v) is 4.93. The van der Waals surface area contributed by atoms with Gasteiger partial charge in [-0.15, -0.1) is 0 Å². The summed E-state index contributed by atoms with van der Waals surface area (Å²) in [6.07, 6.45) is 6.00. The van der Waals surface area contributed by atoms with Gasteiger partial charge in [0.15, 0.2) is 0 Å². The van der Waals surface area contributed by atoms with Gasteiger partial charge >= 0.3 is 11.8 Å². The van der Waals surface area contributed by atoms with E-state index in [2.05, 4.69) is 32.5 Å². The molecule has 1 N–H and O–H groups in total. The average Bonchev–Trinajstić information content (AvgIpc) is 3.41. The molecule has 1 fully saturated rings. The molecule has 7 nitrogen and oxygen atoms in total. The summed E-state index contributed by atoms with van der Waals surface area (Å²) in [7, 11) is 0. The minimum atomic E-state index is -0.386. The van der Waals surface area contributed by atoms with Crippen LogP contribution in [0, 0.1) is 0 Å². The number of furan rings is 1. The molecule has 1 aliphatic rings.